The van der Waals surface area contributed by atoms with E-state index in [2.05, 4.69) is 10.6 Å². The maximum Gasteiger partial charge on any atom is 0.115 e. The van der Waals surface area contributed by atoms with Crippen LogP contribution in [-0.2, 0) is 13.0 Å². The van der Waals surface area contributed by atoms with E-state index in [0.29, 0.717) is 11.8 Å². The Morgan fingerprint density at radius 2 is 2.18 bits per heavy atom. The molecular weight excluding hydrogens is 212 g/mol. The van der Waals surface area contributed by atoms with E-state index in [1.54, 1.807) is 6.07 Å². The highest BCUT2D eigenvalue weighted by Crippen LogP contribution is 2.22. The zero-order valence-electron chi connectivity index (χ0n) is 10.1. The smallest absolute Gasteiger partial charge is 0.115 e. The highest BCUT2D eigenvalue weighted by molar-refractivity contribution is 5.36. The molecule has 1 aliphatic heterocycles. The van der Waals surface area contributed by atoms with Gasteiger partial charge in [-0.2, -0.15) is 0 Å². The van der Waals surface area contributed by atoms with Crippen molar-refractivity contribution in [2.45, 2.75) is 44.3 Å². The summed E-state index contributed by atoms with van der Waals surface area (Å²) in [5.41, 5.74) is 2.62. The Hall–Kier alpha value is -1.06. The summed E-state index contributed by atoms with van der Waals surface area (Å²) in [5.74, 6) is 0.386. The van der Waals surface area contributed by atoms with E-state index in [-0.39, 0.29) is 0 Å². The van der Waals surface area contributed by atoms with Crippen LogP contribution in [0, 0.1) is 0 Å². The molecule has 2 aliphatic rings. The molecule has 3 nitrogen and oxygen atoms in total. The highest BCUT2D eigenvalue weighted by Gasteiger charge is 2.21. The predicted molar refractivity (Wildman–Crippen MR) is 68.1 cm³/mol. The first-order valence-corrected chi connectivity index (χ1v) is 6.59. The third kappa shape index (κ3) is 2.45. The van der Waals surface area contributed by atoms with Crippen LogP contribution in [0.2, 0.25) is 0 Å². The van der Waals surface area contributed by atoms with Crippen molar-refractivity contribution in [1.82, 2.24) is 10.6 Å². The summed E-state index contributed by atoms with van der Waals surface area (Å²) in [6, 6.07) is 6.96. The van der Waals surface area contributed by atoms with Crippen molar-refractivity contribution in [2.75, 3.05) is 6.54 Å². The van der Waals surface area contributed by atoms with Gasteiger partial charge in [-0.25, -0.2) is 0 Å². The number of nitrogens with one attached hydrogen (secondary N) is 2. The van der Waals surface area contributed by atoms with Gasteiger partial charge >= 0.3 is 0 Å². The summed E-state index contributed by atoms with van der Waals surface area (Å²) in [6.45, 7) is 1.96. The van der Waals surface area contributed by atoms with E-state index in [1.807, 2.05) is 12.1 Å². The van der Waals surface area contributed by atoms with Crippen LogP contribution in [0.3, 0.4) is 0 Å². The Morgan fingerprint density at radius 1 is 1.29 bits per heavy atom. The molecule has 0 spiro atoms. The number of aromatic hydroxyl groups is 1. The molecule has 0 radical (unpaired) electrons. The molecule has 1 fully saturated rings. The quantitative estimate of drug-likeness (QED) is 0.741. The Labute approximate surface area is 102 Å². The van der Waals surface area contributed by atoms with Gasteiger partial charge in [0, 0.05) is 25.2 Å². The molecule has 17 heavy (non-hydrogen) atoms. The summed E-state index contributed by atoms with van der Waals surface area (Å²) in [4.78, 5) is 0. The predicted octanol–water partition coefficient (Wildman–Crippen LogP) is 1.55. The summed E-state index contributed by atoms with van der Waals surface area (Å²) in [7, 11) is 0. The minimum absolute atomic E-state index is 0.386. The van der Waals surface area contributed by atoms with E-state index < -0.39 is 0 Å². The Bertz CT molecular complexity index is 401. The molecule has 0 aromatic heterocycles. The van der Waals surface area contributed by atoms with E-state index >= 15 is 0 Å². The average molecular weight is 232 g/mol. The van der Waals surface area contributed by atoms with E-state index in [1.165, 1.54) is 30.4 Å². The second kappa shape index (κ2) is 4.67. The van der Waals surface area contributed by atoms with Crippen LogP contribution in [0.5, 0.6) is 5.75 Å². The minimum atomic E-state index is 0.386. The molecule has 3 rings (SSSR count). The van der Waals surface area contributed by atoms with Crippen LogP contribution in [-0.4, -0.2) is 23.7 Å². The van der Waals surface area contributed by atoms with Gasteiger partial charge in [-0.1, -0.05) is 12.5 Å². The first-order chi connectivity index (χ1) is 8.31. The lowest BCUT2D eigenvalue weighted by atomic mass is 9.91. The molecule has 1 aromatic carbocycles. The molecule has 1 aromatic rings. The third-order valence-electron chi connectivity index (χ3n) is 4.00. The second-order valence-corrected chi connectivity index (χ2v) is 5.27. The third-order valence-corrected chi connectivity index (χ3v) is 4.00. The topological polar surface area (TPSA) is 44.3 Å². The summed E-state index contributed by atoms with van der Waals surface area (Å²) in [6.07, 6.45) is 5.07. The van der Waals surface area contributed by atoms with Crippen LogP contribution in [0.1, 0.15) is 30.4 Å². The van der Waals surface area contributed by atoms with E-state index in [4.69, 9.17) is 0 Å². The van der Waals surface area contributed by atoms with Crippen LogP contribution >= 0.6 is 0 Å². The number of hydrogen-bond acceptors (Lipinski definition) is 3. The highest BCUT2D eigenvalue weighted by atomic mass is 16.3. The number of phenolic OH excluding ortho intramolecular Hbond substituents is 1. The number of benzene rings is 1. The molecule has 1 heterocycles. The number of phenols is 1. The fraction of sp³-hybridized carbons (Fsp3) is 0.571. The summed E-state index contributed by atoms with van der Waals surface area (Å²) in [5, 5.41) is 16.7. The van der Waals surface area contributed by atoms with Crippen LogP contribution in [0.25, 0.3) is 0 Å². The second-order valence-electron chi connectivity index (χ2n) is 5.27. The largest absolute Gasteiger partial charge is 0.508 e. The van der Waals surface area contributed by atoms with Crippen molar-refractivity contribution < 1.29 is 5.11 Å². The van der Waals surface area contributed by atoms with Gasteiger partial charge in [0.2, 0.25) is 0 Å². The van der Waals surface area contributed by atoms with Crippen molar-refractivity contribution in [1.29, 1.82) is 0 Å². The molecule has 1 saturated carbocycles. The lowest BCUT2D eigenvalue weighted by Gasteiger charge is -2.31. The first-order valence-electron chi connectivity index (χ1n) is 6.59. The van der Waals surface area contributed by atoms with Gasteiger partial charge < -0.3 is 15.7 Å². The van der Waals surface area contributed by atoms with Gasteiger partial charge in [0.15, 0.2) is 0 Å². The zero-order valence-corrected chi connectivity index (χ0v) is 10.1. The Kier molecular flexibility index (Phi) is 3.04. The first kappa shape index (κ1) is 11.1. The van der Waals surface area contributed by atoms with Crippen LogP contribution in [0.15, 0.2) is 18.2 Å². The maximum atomic E-state index is 9.50. The molecular formula is C14H20N2O. The molecule has 1 aliphatic carbocycles. The van der Waals surface area contributed by atoms with Crippen LogP contribution < -0.4 is 10.6 Å². The number of rotatable bonds is 3. The summed E-state index contributed by atoms with van der Waals surface area (Å²) < 4.78 is 0. The fourth-order valence-electron chi connectivity index (χ4n) is 2.63. The van der Waals surface area contributed by atoms with Gasteiger partial charge in [-0.05, 0) is 42.5 Å². The van der Waals surface area contributed by atoms with Gasteiger partial charge in [0.25, 0.3) is 0 Å². The van der Waals surface area contributed by atoms with Gasteiger partial charge in [0.05, 0.1) is 0 Å². The van der Waals surface area contributed by atoms with Crippen molar-refractivity contribution in [3.63, 3.8) is 0 Å². The Morgan fingerprint density at radius 3 is 2.94 bits per heavy atom. The lowest BCUT2D eigenvalue weighted by molar-refractivity contribution is 0.316. The van der Waals surface area contributed by atoms with Crippen molar-refractivity contribution in [3.05, 3.63) is 29.3 Å². The van der Waals surface area contributed by atoms with Gasteiger partial charge in [-0.15, -0.1) is 0 Å². The number of hydrogen-bond donors (Lipinski definition) is 3. The fourth-order valence-corrected chi connectivity index (χ4v) is 2.63. The monoisotopic (exact) mass is 232 g/mol. The van der Waals surface area contributed by atoms with Crippen molar-refractivity contribution in [2.24, 2.45) is 0 Å². The molecule has 3 heteroatoms. The lowest BCUT2D eigenvalue weighted by Crippen LogP contribution is -2.47. The van der Waals surface area contributed by atoms with Crippen molar-refractivity contribution in [3.8, 4) is 5.75 Å². The molecule has 0 bridgehead atoms. The minimum Gasteiger partial charge on any atom is -0.508 e. The maximum absolute atomic E-state index is 9.50. The van der Waals surface area contributed by atoms with Crippen LogP contribution in [0.4, 0.5) is 0 Å². The summed E-state index contributed by atoms with van der Waals surface area (Å²) >= 11 is 0. The number of fused-ring (bicyclic) bond motifs is 1. The van der Waals surface area contributed by atoms with Gasteiger partial charge in [0.1, 0.15) is 5.75 Å². The molecule has 0 saturated heterocycles. The van der Waals surface area contributed by atoms with E-state index in [9.17, 15) is 5.11 Å². The van der Waals surface area contributed by atoms with Crippen molar-refractivity contribution >= 4 is 0 Å². The van der Waals surface area contributed by atoms with Gasteiger partial charge in [-0.3, -0.25) is 0 Å². The standard InChI is InChI=1S/C14H20N2O/c17-14-5-4-10-8-15-13(6-11(10)7-14)9-16-12-2-1-3-12/h4-5,7,12-13,15-17H,1-3,6,8-9H2. The normalized spacial score (nSPS) is 24.1. The molecule has 1 atom stereocenters. The molecule has 0 amide bonds. The molecule has 3 N–H and O–H groups in total. The van der Waals surface area contributed by atoms with E-state index in [0.717, 1.165) is 25.6 Å². The Balaban J connectivity index is 1.59. The SMILES string of the molecule is Oc1ccc2c(c1)CC(CNC1CCC1)NC2. The zero-order chi connectivity index (χ0) is 11.7. The average Bonchev–Trinajstić information content (AvgIpc) is 2.26. The molecule has 1 unspecified atom stereocenters. The molecule has 92 valence electrons.